The lowest BCUT2D eigenvalue weighted by molar-refractivity contribution is -0.136. The van der Waals surface area contributed by atoms with Gasteiger partial charge in [-0.05, 0) is 37.2 Å². The first-order valence-corrected chi connectivity index (χ1v) is 8.76. The SMILES string of the molecule is CC(C)[C@H](N)C(=O)NCC(=O)N(Cc1ccccc1)C(C)C1CC1.Cl. The van der Waals surface area contributed by atoms with Gasteiger partial charge in [0.15, 0.2) is 0 Å². The van der Waals surface area contributed by atoms with Crippen molar-refractivity contribution in [3.05, 3.63) is 35.9 Å². The maximum Gasteiger partial charge on any atom is 0.242 e. The van der Waals surface area contributed by atoms with Crippen molar-refractivity contribution < 1.29 is 9.59 Å². The first-order chi connectivity index (χ1) is 11.4. The van der Waals surface area contributed by atoms with Gasteiger partial charge in [0, 0.05) is 12.6 Å². The number of hydrogen-bond acceptors (Lipinski definition) is 3. The fraction of sp³-hybridized carbons (Fsp3) is 0.579. The van der Waals surface area contributed by atoms with E-state index in [9.17, 15) is 9.59 Å². The Balaban J connectivity index is 0.00000312. The van der Waals surface area contributed by atoms with Crippen molar-refractivity contribution in [2.45, 2.75) is 52.2 Å². The lowest BCUT2D eigenvalue weighted by Gasteiger charge is -2.30. The van der Waals surface area contributed by atoms with Crippen molar-refractivity contribution >= 4 is 24.2 Å². The van der Waals surface area contributed by atoms with E-state index >= 15 is 0 Å². The minimum atomic E-state index is -0.582. The molecule has 1 unspecified atom stereocenters. The van der Waals surface area contributed by atoms with E-state index in [2.05, 4.69) is 12.2 Å². The molecule has 1 saturated carbocycles. The molecule has 0 radical (unpaired) electrons. The molecule has 5 nitrogen and oxygen atoms in total. The van der Waals surface area contributed by atoms with E-state index in [1.54, 1.807) is 0 Å². The number of carbonyl (C=O) groups excluding carboxylic acids is 2. The third-order valence-corrected chi connectivity index (χ3v) is 4.75. The molecule has 1 aliphatic carbocycles. The molecule has 0 bridgehead atoms. The maximum absolute atomic E-state index is 12.7. The zero-order valence-corrected chi connectivity index (χ0v) is 16.1. The number of nitrogens with zero attached hydrogens (tertiary/aromatic N) is 1. The Hall–Kier alpha value is -1.59. The number of halogens is 1. The van der Waals surface area contributed by atoms with Crippen LogP contribution in [0.5, 0.6) is 0 Å². The molecule has 1 fully saturated rings. The zero-order valence-electron chi connectivity index (χ0n) is 15.3. The molecule has 140 valence electrons. The van der Waals surface area contributed by atoms with Gasteiger partial charge in [0.1, 0.15) is 0 Å². The molecule has 1 aliphatic rings. The Morgan fingerprint density at radius 3 is 2.32 bits per heavy atom. The monoisotopic (exact) mass is 367 g/mol. The fourth-order valence-corrected chi connectivity index (χ4v) is 2.76. The fourth-order valence-electron chi connectivity index (χ4n) is 2.76. The summed E-state index contributed by atoms with van der Waals surface area (Å²) in [5.74, 6) is 0.303. The third kappa shape index (κ3) is 6.33. The quantitative estimate of drug-likeness (QED) is 0.740. The van der Waals surface area contributed by atoms with Crippen LogP contribution in [0.1, 0.15) is 39.2 Å². The topological polar surface area (TPSA) is 75.4 Å². The highest BCUT2D eigenvalue weighted by molar-refractivity contribution is 5.87. The summed E-state index contributed by atoms with van der Waals surface area (Å²) >= 11 is 0. The molecule has 2 rings (SSSR count). The summed E-state index contributed by atoms with van der Waals surface area (Å²) in [6, 6.07) is 9.56. The van der Waals surface area contributed by atoms with Gasteiger partial charge in [-0.15, -0.1) is 12.4 Å². The highest BCUT2D eigenvalue weighted by atomic mass is 35.5. The smallest absolute Gasteiger partial charge is 0.242 e. The summed E-state index contributed by atoms with van der Waals surface area (Å²) in [6.07, 6.45) is 2.34. The zero-order chi connectivity index (χ0) is 17.7. The lowest BCUT2D eigenvalue weighted by Crippen LogP contribution is -2.49. The molecule has 25 heavy (non-hydrogen) atoms. The van der Waals surface area contributed by atoms with E-state index in [0.717, 1.165) is 5.56 Å². The van der Waals surface area contributed by atoms with Crippen LogP contribution in [0.15, 0.2) is 30.3 Å². The number of rotatable bonds is 8. The maximum atomic E-state index is 12.7. The van der Waals surface area contributed by atoms with Crippen molar-refractivity contribution in [2.24, 2.45) is 17.6 Å². The van der Waals surface area contributed by atoms with Crippen molar-refractivity contribution in [3.63, 3.8) is 0 Å². The number of nitrogens with one attached hydrogen (secondary N) is 1. The van der Waals surface area contributed by atoms with Crippen LogP contribution in [-0.2, 0) is 16.1 Å². The third-order valence-electron chi connectivity index (χ3n) is 4.75. The summed E-state index contributed by atoms with van der Waals surface area (Å²) in [4.78, 5) is 26.6. The normalized spacial score (nSPS) is 15.9. The van der Waals surface area contributed by atoms with Crippen LogP contribution in [0, 0.1) is 11.8 Å². The van der Waals surface area contributed by atoms with Crippen LogP contribution in [0.2, 0.25) is 0 Å². The second-order valence-electron chi connectivity index (χ2n) is 7.07. The van der Waals surface area contributed by atoms with Crippen LogP contribution in [0.3, 0.4) is 0 Å². The number of hydrogen-bond donors (Lipinski definition) is 2. The molecule has 1 aromatic rings. The van der Waals surface area contributed by atoms with Crippen LogP contribution < -0.4 is 11.1 Å². The Kier molecular flexibility index (Phi) is 8.39. The predicted octanol–water partition coefficient (Wildman–Crippen LogP) is 2.34. The summed E-state index contributed by atoms with van der Waals surface area (Å²) in [7, 11) is 0. The Labute approximate surface area is 156 Å². The number of amides is 2. The van der Waals surface area contributed by atoms with Crippen molar-refractivity contribution in [2.75, 3.05) is 6.54 Å². The minimum Gasteiger partial charge on any atom is -0.346 e. The van der Waals surface area contributed by atoms with Gasteiger partial charge in [-0.2, -0.15) is 0 Å². The molecule has 2 atom stereocenters. The minimum absolute atomic E-state index is 0. The van der Waals surface area contributed by atoms with Gasteiger partial charge < -0.3 is 16.0 Å². The van der Waals surface area contributed by atoms with E-state index < -0.39 is 6.04 Å². The van der Waals surface area contributed by atoms with Gasteiger partial charge in [-0.25, -0.2) is 0 Å². The predicted molar refractivity (Wildman–Crippen MR) is 102 cm³/mol. The summed E-state index contributed by atoms with van der Waals surface area (Å²) in [5, 5.41) is 2.69. The molecular formula is C19H30ClN3O2. The van der Waals surface area contributed by atoms with Crippen LogP contribution in [0.25, 0.3) is 0 Å². The van der Waals surface area contributed by atoms with E-state index in [1.165, 1.54) is 12.8 Å². The van der Waals surface area contributed by atoms with E-state index in [-0.39, 0.29) is 42.7 Å². The van der Waals surface area contributed by atoms with Crippen molar-refractivity contribution in [1.82, 2.24) is 10.2 Å². The molecule has 0 heterocycles. The highest BCUT2D eigenvalue weighted by Gasteiger charge is 2.34. The summed E-state index contributed by atoms with van der Waals surface area (Å²) < 4.78 is 0. The average Bonchev–Trinajstić information content (AvgIpc) is 3.41. The van der Waals surface area contributed by atoms with E-state index in [0.29, 0.717) is 12.5 Å². The van der Waals surface area contributed by atoms with Gasteiger partial charge in [-0.1, -0.05) is 44.2 Å². The number of nitrogens with two attached hydrogens (primary N) is 1. The summed E-state index contributed by atoms with van der Waals surface area (Å²) in [5.41, 5.74) is 6.93. The van der Waals surface area contributed by atoms with E-state index in [4.69, 9.17) is 5.73 Å². The molecule has 0 aromatic heterocycles. The first-order valence-electron chi connectivity index (χ1n) is 8.76. The molecule has 3 N–H and O–H groups in total. The molecule has 0 spiro atoms. The Morgan fingerprint density at radius 1 is 1.20 bits per heavy atom. The van der Waals surface area contributed by atoms with Gasteiger partial charge in [-0.3, -0.25) is 9.59 Å². The number of carbonyl (C=O) groups is 2. The van der Waals surface area contributed by atoms with Gasteiger partial charge >= 0.3 is 0 Å². The summed E-state index contributed by atoms with van der Waals surface area (Å²) in [6.45, 7) is 6.46. The molecule has 0 aliphatic heterocycles. The highest BCUT2D eigenvalue weighted by Crippen LogP contribution is 2.35. The number of benzene rings is 1. The second-order valence-corrected chi connectivity index (χ2v) is 7.07. The largest absolute Gasteiger partial charge is 0.346 e. The standard InChI is InChI=1S/C19H29N3O2.ClH/c1-13(2)18(20)19(24)21-11-17(23)22(14(3)16-9-10-16)12-15-7-5-4-6-8-15;/h4-8,13-14,16,18H,9-12,20H2,1-3H3,(H,21,24);1H/t14?,18-;/m0./s1. The van der Waals surface area contributed by atoms with Crippen molar-refractivity contribution in [3.8, 4) is 0 Å². The van der Waals surface area contributed by atoms with Crippen LogP contribution in [0.4, 0.5) is 0 Å². The molecule has 6 heteroatoms. The van der Waals surface area contributed by atoms with E-state index in [1.807, 2.05) is 49.1 Å². The van der Waals surface area contributed by atoms with Gasteiger partial charge in [0.25, 0.3) is 0 Å². The van der Waals surface area contributed by atoms with Crippen LogP contribution >= 0.6 is 12.4 Å². The average molecular weight is 368 g/mol. The first kappa shape index (κ1) is 21.5. The lowest BCUT2D eigenvalue weighted by atomic mass is 10.1. The molecule has 0 saturated heterocycles. The molecule has 1 aromatic carbocycles. The van der Waals surface area contributed by atoms with Gasteiger partial charge in [0.05, 0.1) is 12.6 Å². The van der Waals surface area contributed by atoms with Crippen LogP contribution in [-0.4, -0.2) is 35.3 Å². The molecule has 2 amide bonds. The molecular weight excluding hydrogens is 338 g/mol. The Bertz CT molecular complexity index is 561. The van der Waals surface area contributed by atoms with Gasteiger partial charge in [0.2, 0.25) is 11.8 Å². The Morgan fingerprint density at radius 2 is 1.80 bits per heavy atom. The second kappa shape index (κ2) is 9.78. The van der Waals surface area contributed by atoms with Crippen molar-refractivity contribution in [1.29, 1.82) is 0 Å².